The van der Waals surface area contributed by atoms with Gasteiger partial charge in [-0.25, -0.2) is 0 Å². The summed E-state index contributed by atoms with van der Waals surface area (Å²) in [7, 11) is -3.58. The predicted octanol–water partition coefficient (Wildman–Crippen LogP) is 6.20. The van der Waals surface area contributed by atoms with E-state index in [1.165, 1.54) is 5.56 Å². The first-order valence-electron chi connectivity index (χ1n) is 11.5. The topological polar surface area (TPSA) is 82.8 Å². The Hall–Kier alpha value is -2.80. The van der Waals surface area contributed by atoms with Gasteiger partial charge in [-0.2, -0.15) is 8.42 Å². The second-order valence-corrected chi connectivity index (χ2v) is 11.4. The minimum atomic E-state index is -3.58. The molecule has 0 aliphatic heterocycles. The zero-order chi connectivity index (χ0) is 25.1. The Morgan fingerprint density at radius 1 is 1.09 bits per heavy atom. The molecule has 7 heteroatoms. The molecular formula is C27H34O6S. The number of ether oxygens (including phenoxy) is 1. The van der Waals surface area contributed by atoms with Crippen LogP contribution in [0.1, 0.15) is 63.3 Å². The lowest BCUT2D eigenvalue weighted by Gasteiger charge is -2.19. The normalized spacial score (nSPS) is 13.1. The van der Waals surface area contributed by atoms with Gasteiger partial charge in [-0.3, -0.25) is 4.79 Å². The molecule has 3 rings (SSSR count). The predicted molar refractivity (Wildman–Crippen MR) is 134 cm³/mol. The highest BCUT2D eigenvalue weighted by atomic mass is 32.2. The van der Waals surface area contributed by atoms with Crippen molar-refractivity contribution in [2.75, 3.05) is 12.9 Å². The number of fused-ring (bicyclic) bond motifs is 1. The van der Waals surface area contributed by atoms with Crippen molar-refractivity contribution in [3.63, 3.8) is 0 Å². The van der Waals surface area contributed by atoms with E-state index in [0.29, 0.717) is 11.5 Å². The van der Waals surface area contributed by atoms with E-state index in [4.69, 9.17) is 13.3 Å². The van der Waals surface area contributed by atoms with Crippen LogP contribution in [0.3, 0.4) is 0 Å². The first-order chi connectivity index (χ1) is 15.9. The summed E-state index contributed by atoms with van der Waals surface area (Å²) >= 11 is 0. The average Bonchev–Trinajstić information content (AvgIpc) is 3.13. The molecular weight excluding hydrogens is 452 g/mol. The number of hydrogen-bond acceptors (Lipinski definition) is 6. The Morgan fingerprint density at radius 3 is 2.44 bits per heavy atom. The van der Waals surface area contributed by atoms with Gasteiger partial charge in [-0.1, -0.05) is 39.8 Å². The molecule has 1 aromatic heterocycles. The number of carbonyl (C=O) groups excluding carboxylic acids is 1. The lowest BCUT2D eigenvalue weighted by atomic mass is 9.90. The van der Waals surface area contributed by atoms with E-state index in [-0.39, 0.29) is 18.1 Å². The van der Waals surface area contributed by atoms with Crippen LogP contribution < -0.4 is 8.92 Å². The number of rotatable bonds is 10. The Kier molecular flexibility index (Phi) is 7.76. The van der Waals surface area contributed by atoms with Gasteiger partial charge in [-0.15, -0.1) is 0 Å². The van der Waals surface area contributed by atoms with Crippen molar-refractivity contribution in [1.29, 1.82) is 0 Å². The van der Waals surface area contributed by atoms with Gasteiger partial charge >= 0.3 is 10.1 Å². The van der Waals surface area contributed by atoms with Crippen molar-refractivity contribution in [1.82, 2.24) is 0 Å². The van der Waals surface area contributed by atoms with Crippen LogP contribution in [0.25, 0.3) is 11.0 Å². The minimum Gasteiger partial charge on any atom is -0.486 e. The lowest BCUT2D eigenvalue weighted by molar-refractivity contribution is -0.128. The monoisotopic (exact) mass is 486 g/mol. The standard InChI is InChI=1S/C27H34O6S/c1-7-19(20-10-13-24(18(2)14-20)31-17-26(28)27(3,4)5)8-11-22-15-21-9-12-23(16-25(21)32-22)33-34(6,29)30/h9-10,12-16,19H,7-8,11,17H2,1-6H3. The minimum absolute atomic E-state index is 0.0725. The molecule has 34 heavy (non-hydrogen) atoms. The van der Waals surface area contributed by atoms with Gasteiger partial charge in [0.15, 0.2) is 5.78 Å². The second-order valence-electron chi connectivity index (χ2n) is 9.83. The Labute approximate surface area is 202 Å². The number of furan rings is 1. The molecule has 1 unspecified atom stereocenters. The molecule has 6 nitrogen and oxygen atoms in total. The molecule has 0 saturated heterocycles. The smallest absolute Gasteiger partial charge is 0.306 e. The van der Waals surface area contributed by atoms with Crippen LogP contribution in [-0.4, -0.2) is 27.1 Å². The third kappa shape index (κ3) is 6.86. The number of benzene rings is 2. The van der Waals surface area contributed by atoms with Crippen LogP contribution in [-0.2, 0) is 21.3 Å². The molecule has 0 aliphatic rings. The van der Waals surface area contributed by atoms with Crippen LogP contribution in [0.15, 0.2) is 46.9 Å². The van der Waals surface area contributed by atoms with E-state index in [9.17, 15) is 13.2 Å². The molecule has 0 aliphatic carbocycles. The number of ketones is 1. The zero-order valence-electron chi connectivity index (χ0n) is 20.8. The van der Waals surface area contributed by atoms with Gasteiger partial charge in [0.1, 0.15) is 29.4 Å². The van der Waals surface area contributed by atoms with Crippen molar-refractivity contribution in [3.05, 3.63) is 59.4 Å². The second kappa shape index (κ2) is 10.2. The van der Waals surface area contributed by atoms with Crippen molar-refractivity contribution in [2.24, 2.45) is 5.41 Å². The molecule has 184 valence electrons. The van der Waals surface area contributed by atoms with Crippen LogP contribution in [0.4, 0.5) is 0 Å². The van der Waals surface area contributed by atoms with Gasteiger partial charge < -0.3 is 13.3 Å². The van der Waals surface area contributed by atoms with E-state index in [0.717, 1.165) is 48.0 Å². The summed E-state index contributed by atoms with van der Waals surface area (Å²) in [6.45, 7) is 9.92. The molecule has 0 saturated carbocycles. The summed E-state index contributed by atoms with van der Waals surface area (Å²) in [5.74, 6) is 2.25. The fourth-order valence-corrected chi connectivity index (χ4v) is 4.24. The first kappa shape index (κ1) is 25.8. The highest BCUT2D eigenvalue weighted by Crippen LogP contribution is 2.31. The number of carbonyl (C=O) groups is 1. The summed E-state index contributed by atoms with van der Waals surface area (Å²) in [5.41, 5.74) is 2.43. The SMILES string of the molecule is CCC(CCc1cc2ccc(OS(C)(=O)=O)cc2o1)c1ccc(OCC(=O)C(C)(C)C)c(C)c1. The van der Waals surface area contributed by atoms with Crippen molar-refractivity contribution in [3.8, 4) is 11.5 Å². The number of aryl methyl sites for hydroxylation is 2. The fraction of sp³-hybridized carbons (Fsp3) is 0.444. The van der Waals surface area contributed by atoms with E-state index >= 15 is 0 Å². The van der Waals surface area contributed by atoms with Crippen LogP contribution in [0.2, 0.25) is 0 Å². The maximum atomic E-state index is 12.2. The molecule has 0 radical (unpaired) electrons. The van der Waals surface area contributed by atoms with Gasteiger partial charge in [0.25, 0.3) is 0 Å². The summed E-state index contributed by atoms with van der Waals surface area (Å²) in [6, 6.07) is 13.2. The molecule has 2 aromatic carbocycles. The Bertz CT molecular complexity index is 1260. The summed E-state index contributed by atoms with van der Waals surface area (Å²) in [4.78, 5) is 12.2. The first-order valence-corrected chi connectivity index (χ1v) is 13.4. The highest BCUT2D eigenvalue weighted by Gasteiger charge is 2.22. The van der Waals surface area contributed by atoms with Gasteiger partial charge in [-0.05, 0) is 61.1 Å². The van der Waals surface area contributed by atoms with E-state index in [1.807, 2.05) is 39.8 Å². The third-order valence-electron chi connectivity index (χ3n) is 5.89. The molecule has 1 atom stereocenters. The summed E-state index contributed by atoms with van der Waals surface area (Å²) < 4.78 is 39.4. The van der Waals surface area contributed by atoms with Crippen LogP contribution in [0, 0.1) is 12.3 Å². The molecule has 1 heterocycles. The van der Waals surface area contributed by atoms with Gasteiger partial charge in [0.2, 0.25) is 0 Å². The third-order valence-corrected chi connectivity index (χ3v) is 6.38. The van der Waals surface area contributed by atoms with Crippen LogP contribution >= 0.6 is 0 Å². The summed E-state index contributed by atoms with van der Waals surface area (Å²) in [6.07, 6.45) is 3.66. The molecule has 0 N–H and O–H groups in total. The number of Topliss-reactive ketones (excluding diaryl/α,β-unsaturated/α-hetero) is 1. The lowest BCUT2D eigenvalue weighted by Crippen LogP contribution is -2.26. The largest absolute Gasteiger partial charge is 0.486 e. The Morgan fingerprint density at radius 2 is 1.82 bits per heavy atom. The molecule has 0 amide bonds. The van der Waals surface area contributed by atoms with Crippen molar-refractivity contribution in [2.45, 2.75) is 59.8 Å². The van der Waals surface area contributed by atoms with E-state index < -0.39 is 15.5 Å². The molecule has 3 aromatic rings. The zero-order valence-corrected chi connectivity index (χ0v) is 21.6. The molecule has 0 spiro atoms. The molecule has 0 fully saturated rings. The van der Waals surface area contributed by atoms with E-state index in [2.05, 4.69) is 19.1 Å². The van der Waals surface area contributed by atoms with Crippen LogP contribution in [0.5, 0.6) is 11.5 Å². The Balaban J connectivity index is 1.66. The highest BCUT2D eigenvalue weighted by molar-refractivity contribution is 7.86. The number of hydrogen-bond donors (Lipinski definition) is 0. The van der Waals surface area contributed by atoms with Crippen molar-refractivity contribution >= 4 is 26.9 Å². The van der Waals surface area contributed by atoms with Gasteiger partial charge in [0, 0.05) is 23.3 Å². The summed E-state index contributed by atoms with van der Waals surface area (Å²) in [5, 5.41) is 0.908. The maximum absolute atomic E-state index is 12.2. The van der Waals surface area contributed by atoms with E-state index in [1.54, 1.807) is 18.2 Å². The average molecular weight is 487 g/mol. The van der Waals surface area contributed by atoms with Gasteiger partial charge in [0.05, 0.1) is 6.26 Å². The fourth-order valence-electron chi connectivity index (χ4n) is 3.79. The maximum Gasteiger partial charge on any atom is 0.306 e. The quantitative estimate of drug-likeness (QED) is 0.317. The van der Waals surface area contributed by atoms with Crippen molar-refractivity contribution < 1.29 is 26.5 Å². The molecule has 0 bridgehead atoms.